The monoisotopic (exact) mass is 245 g/mol. The van der Waals surface area contributed by atoms with Crippen LogP contribution in [0.2, 0.25) is 0 Å². The van der Waals surface area contributed by atoms with Gasteiger partial charge in [-0.3, -0.25) is 0 Å². The van der Waals surface area contributed by atoms with E-state index >= 15 is 0 Å². The smallest absolute Gasteiger partial charge is 0.407 e. The maximum absolute atomic E-state index is 11.5. The first kappa shape index (κ1) is 13.7. The highest BCUT2D eigenvalue weighted by molar-refractivity contribution is 8.00. The second-order valence-corrected chi connectivity index (χ2v) is 6.72. The Morgan fingerprint density at radius 1 is 1.38 bits per heavy atom. The predicted molar refractivity (Wildman–Crippen MR) is 69.0 cm³/mol. The quantitative estimate of drug-likeness (QED) is 0.830. The molecule has 0 atom stereocenters. The summed E-state index contributed by atoms with van der Waals surface area (Å²) in [6, 6.07) is 0. The second kappa shape index (κ2) is 5.30. The summed E-state index contributed by atoms with van der Waals surface area (Å²) in [5.41, 5.74) is -0.410. The number of thioether (sulfide) groups is 1. The maximum atomic E-state index is 11.5. The third-order valence-corrected chi connectivity index (χ3v) is 4.32. The highest BCUT2D eigenvalue weighted by Crippen LogP contribution is 2.39. The number of rotatable bonds is 3. The van der Waals surface area contributed by atoms with Crippen LogP contribution in [0.1, 0.15) is 46.5 Å². The van der Waals surface area contributed by atoms with E-state index in [1.807, 2.05) is 32.5 Å². The van der Waals surface area contributed by atoms with Gasteiger partial charge in [-0.2, -0.15) is 11.8 Å². The van der Waals surface area contributed by atoms with Crippen molar-refractivity contribution < 1.29 is 9.53 Å². The van der Waals surface area contributed by atoms with Crippen LogP contribution in [0.5, 0.6) is 0 Å². The fraction of sp³-hybridized carbons (Fsp3) is 0.917. The summed E-state index contributed by atoms with van der Waals surface area (Å²) < 4.78 is 5.47. The Balaban J connectivity index is 2.35. The molecule has 0 aromatic rings. The molecule has 0 bridgehead atoms. The fourth-order valence-corrected chi connectivity index (χ4v) is 2.93. The van der Waals surface area contributed by atoms with Gasteiger partial charge in [-0.05, 0) is 39.9 Å². The zero-order valence-corrected chi connectivity index (χ0v) is 11.6. The van der Waals surface area contributed by atoms with Crippen LogP contribution in [-0.2, 0) is 4.74 Å². The molecule has 0 unspecified atom stereocenters. The number of carbonyl (C=O) groups excluding carboxylic acids is 1. The van der Waals surface area contributed by atoms with E-state index < -0.39 is 5.60 Å². The molecule has 94 valence electrons. The van der Waals surface area contributed by atoms with E-state index in [-0.39, 0.29) is 10.8 Å². The third kappa shape index (κ3) is 4.24. The summed E-state index contributed by atoms with van der Waals surface area (Å²) in [7, 11) is 0. The molecule has 1 amide bonds. The first-order chi connectivity index (χ1) is 7.37. The number of ether oxygens (including phenoxy) is 1. The van der Waals surface area contributed by atoms with Crippen LogP contribution in [0.4, 0.5) is 4.79 Å². The molecular weight excluding hydrogens is 222 g/mol. The summed E-state index contributed by atoms with van der Waals surface area (Å²) in [6.07, 6.45) is 6.77. The lowest BCUT2D eigenvalue weighted by molar-refractivity contribution is 0.0522. The number of hydrogen-bond acceptors (Lipinski definition) is 3. The molecule has 16 heavy (non-hydrogen) atoms. The van der Waals surface area contributed by atoms with Crippen molar-refractivity contribution in [2.45, 2.75) is 56.8 Å². The molecule has 1 fully saturated rings. The normalized spacial score (nSPS) is 19.5. The number of nitrogens with one attached hydrogen (secondary N) is 1. The Hall–Kier alpha value is -0.380. The maximum Gasteiger partial charge on any atom is 0.407 e. The van der Waals surface area contributed by atoms with Crippen molar-refractivity contribution in [1.29, 1.82) is 0 Å². The summed E-state index contributed by atoms with van der Waals surface area (Å²) in [4.78, 5) is 11.5. The number of carbonyl (C=O) groups is 1. The highest BCUT2D eigenvalue weighted by atomic mass is 32.2. The zero-order valence-electron chi connectivity index (χ0n) is 10.8. The van der Waals surface area contributed by atoms with Gasteiger partial charge in [0.15, 0.2) is 0 Å². The van der Waals surface area contributed by atoms with Gasteiger partial charge in [-0.1, -0.05) is 12.8 Å². The minimum absolute atomic E-state index is 0.247. The van der Waals surface area contributed by atoms with Gasteiger partial charge in [0, 0.05) is 11.3 Å². The van der Waals surface area contributed by atoms with Crippen LogP contribution in [0.15, 0.2) is 0 Å². The molecule has 0 aliphatic heterocycles. The summed E-state index contributed by atoms with van der Waals surface area (Å²) >= 11 is 1.87. The molecule has 0 aromatic carbocycles. The standard InChI is InChI=1S/C12H23NO2S/c1-11(2,3)15-10(14)13-9-12(16-4)7-5-6-8-12/h5-9H2,1-4H3,(H,13,14). The van der Waals surface area contributed by atoms with Crippen molar-refractivity contribution >= 4 is 17.9 Å². The summed E-state index contributed by atoms with van der Waals surface area (Å²) in [5, 5.41) is 2.89. The van der Waals surface area contributed by atoms with Gasteiger partial charge in [-0.15, -0.1) is 0 Å². The lowest BCUT2D eigenvalue weighted by Crippen LogP contribution is -2.41. The Morgan fingerprint density at radius 2 is 1.94 bits per heavy atom. The molecule has 0 saturated heterocycles. The molecule has 4 heteroatoms. The van der Waals surface area contributed by atoms with Gasteiger partial charge in [0.2, 0.25) is 0 Å². The van der Waals surface area contributed by atoms with Gasteiger partial charge in [0.25, 0.3) is 0 Å². The van der Waals surface area contributed by atoms with E-state index in [0.29, 0.717) is 0 Å². The Kier molecular flexibility index (Phi) is 4.53. The second-order valence-electron chi connectivity index (χ2n) is 5.45. The van der Waals surface area contributed by atoms with E-state index in [4.69, 9.17) is 4.74 Å². The first-order valence-corrected chi connectivity index (χ1v) is 7.11. The molecule has 3 nitrogen and oxygen atoms in total. The molecular formula is C12H23NO2S. The highest BCUT2D eigenvalue weighted by Gasteiger charge is 2.33. The molecule has 1 aliphatic carbocycles. The average molecular weight is 245 g/mol. The Bertz CT molecular complexity index is 242. The van der Waals surface area contributed by atoms with E-state index in [9.17, 15) is 4.79 Å². The van der Waals surface area contributed by atoms with Crippen LogP contribution in [0.25, 0.3) is 0 Å². The summed E-state index contributed by atoms with van der Waals surface area (Å²) in [6.45, 7) is 6.37. The van der Waals surface area contributed by atoms with Crippen molar-refractivity contribution in [3.63, 3.8) is 0 Å². The topological polar surface area (TPSA) is 38.3 Å². The van der Waals surface area contributed by atoms with E-state index in [1.165, 1.54) is 25.7 Å². The first-order valence-electron chi connectivity index (χ1n) is 5.89. The molecule has 0 spiro atoms. The van der Waals surface area contributed by atoms with E-state index in [2.05, 4.69) is 11.6 Å². The molecule has 0 radical (unpaired) electrons. The van der Waals surface area contributed by atoms with Crippen LogP contribution in [0, 0.1) is 0 Å². The SMILES string of the molecule is CSC1(CNC(=O)OC(C)(C)C)CCCC1. The molecule has 1 rings (SSSR count). The van der Waals surface area contributed by atoms with Gasteiger partial charge < -0.3 is 10.1 Å². The van der Waals surface area contributed by atoms with Crippen LogP contribution in [0.3, 0.4) is 0 Å². The number of amides is 1. The van der Waals surface area contributed by atoms with Crippen molar-refractivity contribution in [2.24, 2.45) is 0 Å². The molecule has 1 N–H and O–H groups in total. The lowest BCUT2D eigenvalue weighted by atomic mass is 10.1. The van der Waals surface area contributed by atoms with Gasteiger partial charge in [-0.25, -0.2) is 4.79 Å². The largest absolute Gasteiger partial charge is 0.444 e. The van der Waals surface area contributed by atoms with Crippen LogP contribution >= 0.6 is 11.8 Å². The van der Waals surface area contributed by atoms with Crippen LogP contribution < -0.4 is 5.32 Å². The molecule has 1 aliphatic rings. The minimum Gasteiger partial charge on any atom is -0.444 e. The predicted octanol–water partition coefficient (Wildman–Crippen LogP) is 3.19. The summed E-state index contributed by atoms with van der Waals surface area (Å²) in [5.74, 6) is 0. The van der Waals surface area contributed by atoms with Gasteiger partial charge in [0.1, 0.15) is 5.60 Å². The van der Waals surface area contributed by atoms with Crippen molar-refractivity contribution in [1.82, 2.24) is 5.32 Å². The van der Waals surface area contributed by atoms with Gasteiger partial charge >= 0.3 is 6.09 Å². The van der Waals surface area contributed by atoms with Crippen molar-refractivity contribution in [3.05, 3.63) is 0 Å². The number of alkyl carbamates (subject to hydrolysis) is 1. The van der Waals surface area contributed by atoms with Crippen LogP contribution in [-0.4, -0.2) is 29.2 Å². The van der Waals surface area contributed by atoms with E-state index in [1.54, 1.807) is 0 Å². The average Bonchev–Trinajstić information content (AvgIpc) is 2.61. The minimum atomic E-state index is -0.410. The Labute approximate surface area is 103 Å². The lowest BCUT2D eigenvalue weighted by Gasteiger charge is -2.28. The van der Waals surface area contributed by atoms with Gasteiger partial charge in [0.05, 0.1) is 0 Å². The molecule has 0 heterocycles. The fourth-order valence-electron chi connectivity index (χ4n) is 2.02. The molecule has 1 saturated carbocycles. The Morgan fingerprint density at radius 3 is 2.38 bits per heavy atom. The molecule has 0 aromatic heterocycles. The van der Waals surface area contributed by atoms with Crippen molar-refractivity contribution in [2.75, 3.05) is 12.8 Å². The zero-order chi connectivity index (χ0) is 12.2. The number of hydrogen-bond donors (Lipinski definition) is 1. The van der Waals surface area contributed by atoms with Crippen molar-refractivity contribution in [3.8, 4) is 0 Å². The van der Waals surface area contributed by atoms with E-state index in [0.717, 1.165) is 6.54 Å². The third-order valence-electron chi connectivity index (χ3n) is 2.90.